The predicted molar refractivity (Wildman–Crippen MR) is 97.9 cm³/mol. The monoisotopic (exact) mass is 480 g/mol. The summed E-state index contributed by atoms with van der Waals surface area (Å²) in [5.41, 5.74) is -2.83. The van der Waals surface area contributed by atoms with Gasteiger partial charge in [0.1, 0.15) is 11.9 Å². The minimum Gasteiger partial charge on any atom is -0.480 e. The summed E-state index contributed by atoms with van der Waals surface area (Å²) >= 11 is 0.305. The Morgan fingerprint density at radius 2 is 1.75 bits per heavy atom. The molecule has 0 aliphatic heterocycles. The second kappa shape index (κ2) is 8.37. The molecule has 0 aliphatic rings. The van der Waals surface area contributed by atoms with Gasteiger partial charge >= 0.3 is 12.1 Å². The van der Waals surface area contributed by atoms with Gasteiger partial charge in [-0.3, -0.25) is 4.79 Å². The minimum atomic E-state index is -5.10. The number of amides is 1. The van der Waals surface area contributed by atoms with E-state index in [-0.39, 0.29) is 12.5 Å². The number of fused-ring (bicyclic) bond motifs is 1. The lowest BCUT2D eigenvalue weighted by molar-refractivity contribution is -0.141. The summed E-state index contributed by atoms with van der Waals surface area (Å²) in [7, 11) is 0. The fourth-order valence-corrected chi connectivity index (χ4v) is 4.03. The van der Waals surface area contributed by atoms with E-state index in [1.807, 2.05) is 0 Å². The molecule has 0 fully saturated rings. The van der Waals surface area contributed by atoms with E-state index in [1.165, 1.54) is 6.92 Å². The van der Waals surface area contributed by atoms with Crippen LogP contribution in [0, 0.1) is 23.3 Å². The van der Waals surface area contributed by atoms with E-state index in [0.717, 1.165) is 10.6 Å². The molecule has 1 atom stereocenters. The maximum Gasteiger partial charge on any atom is 0.419 e. The Labute approximate surface area is 178 Å². The lowest BCUT2D eigenvalue weighted by Gasteiger charge is -2.13. The van der Waals surface area contributed by atoms with Crippen LogP contribution in [0.5, 0.6) is 0 Å². The second-order valence-electron chi connectivity index (χ2n) is 6.46. The van der Waals surface area contributed by atoms with Crippen LogP contribution in [0.25, 0.3) is 10.2 Å². The summed E-state index contributed by atoms with van der Waals surface area (Å²) in [6, 6.07) is 0.383. The Kier molecular flexibility index (Phi) is 6.13. The first-order chi connectivity index (χ1) is 14.9. The van der Waals surface area contributed by atoms with Gasteiger partial charge in [-0.05, 0) is 24.6 Å². The molecule has 1 heterocycles. The molecule has 5 nitrogen and oxygen atoms in total. The minimum absolute atomic E-state index is 0.141. The molecule has 1 aromatic heterocycles. The average molecular weight is 480 g/mol. The highest BCUT2D eigenvalue weighted by Crippen LogP contribution is 2.32. The van der Waals surface area contributed by atoms with Crippen LogP contribution in [0.3, 0.4) is 0 Å². The molecule has 1 amide bonds. The highest BCUT2D eigenvalue weighted by Gasteiger charge is 2.35. The van der Waals surface area contributed by atoms with Gasteiger partial charge in [0.2, 0.25) is 0 Å². The van der Waals surface area contributed by atoms with E-state index in [9.17, 15) is 45.4 Å². The molecule has 0 bridgehead atoms. The van der Waals surface area contributed by atoms with Crippen LogP contribution in [0.1, 0.15) is 35.3 Å². The van der Waals surface area contributed by atoms with Gasteiger partial charge < -0.3 is 9.67 Å². The maximum absolute atomic E-state index is 14.3. The number of carbonyl (C=O) groups is 2. The summed E-state index contributed by atoms with van der Waals surface area (Å²) in [6.07, 6.45) is -5.25. The number of carbonyl (C=O) groups excluding carboxylic acids is 1. The number of alkyl halides is 3. The smallest absolute Gasteiger partial charge is 0.419 e. The Bertz CT molecular complexity index is 1310. The van der Waals surface area contributed by atoms with Gasteiger partial charge in [0.05, 0.1) is 15.8 Å². The van der Waals surface area contributed by atoms with Crippen molar-refractivity contribution < 1.29 is 45.4 Å². The van der Waals surface area contributed by atoms with Gasteiger partial charge in [-0.2, -0.15) is 18.2 Å². The van der Waals surface area contributed by atoms with Gasteiger partial charge in [-0.1, -0.05) is 18.3 Å². The first kappa shape index (κ1) is 23.4. The van der Waals surface area contributed by atoms with Crippen molar-refractivity contribution in [3.05, 3.63) is 63.5 Å². The van der Waals surface area contributed by atoms with Gasteiger partial charge in [0.25, 0.3) is 5.91 Å². The van der Waals surface area contributed by atoms with Crippen molar-refractivity contribution in [3.8, 4) is 0 Å². The fraction of sp³-hybridized carbons (Fsp3) is 0.211. The van der Waals surface area contributed by atoms with Crippen molar-refractivity contribution in [2.24, 2.45) is 4.99 Å². The van der Waals surface area contributed by atoms with Crippen LogP contribution in [0.4, 0.5) is 30.7 Å². The average Bonchev–Trinajstić information content (AvgIpc) is 3.04. The number of thiazole rings is 1. The SMILES string of the molecule is CCC(C(=O)O)n1/c(=N/C(=O)c2ccc(F)c(C(F)(F)F)c2)sc2c(F)c(F)c(F)cc21. The largest absolute Gasteiger partial charge is 0.480 e. The Morgan fingerprint density at radius 1 is 1.09 bits per heavy atom. The topological polar surface area (TPSA) is 71.7 Å². The zero-order valence-corrected chi connectivity index (χ0v) is 16.6. The molecule has 0 spiro atoms. The number of carboxylic acid groups (broad SMARTS) is 1. The van der Waals surface area contributed by atoms with Crippen LogP contribution in [0.15, 0.2) is 29.3 Å². The maximum atomic E-state index is 14.3. The third kappa shape index (κ3) is 4.11. The van der Waals surface area contributed by atoms with Gasteiger partial charge in [-0.25, -0.2) is 22.4 Å². The van der Waals surface area contributed by atoms with E-state index in [0.29, 0.717) is 23.5 Å². The van der Waals surface area contributed by atoms with Crippen molar-refractivity contribution >= 4 is 33.4 Å². The number of aromatic nitrogens is 1. The number of hydrogen-bond acceptors (Lipinski definition) is 3. The summed E-state index contributed by atoms with van der Waals surface area (Å²) in [6.45, 7) is 1.41. The number of aliphatic carboxylic acids is 1. The lowest BCUT2D eigenvalue weighted by Crippen LogP contribution is -2.27. The summed E-state index contributed by atoms with van der Waals surface area (Å²) in [4.78, 5) is 27.1. The molecule has 3 aromatic rings. The summed E-state index contributed by atoms with van der Waals surface area (Å²) in [5, 5.41) is 9.46. The van der Waals surface area contributed by atoms with Crippen molar-refractivity contribution in [1.82, 2.24) is 4.57 Å². The Morgan fingerprint density at radius 3 is 2.31 bits per heavy atom. The Balaban J connectivity index is 2.29. The second-order valence-corrected chi connectivity index (χ2v) is 7.44. The normalized spacial score (nSPS) is 13.6. The van der Waals surface area contributed by atoms with Gasteiger partial charge in [-0.15, -0.1) is 0 Å². The van der Waals surface area contributed by atoms with Crippen LogP contribution >= 0.6 is 11.3 Å². The van der Waals surface area contributed by atoms with Gasteiger partial charge in [0.15, 0.2) is 22.3 Å². The van der Waals surface area contributed by atoms with Crippen LogP contribution in [0.2, 0.25) is 0 Å². The van der Waals surface area contributed by atoms with Crippen LogP contribution < -0.4 is 4.80 Å². The van der Waals surface area contributed by atoms with Crippen molar-refractivity contribution in [2.45, 2.75) is 25.6 Å². The zero-order valence-electron chi connectivity index (χ0n) is 15.8. The molecule has 32 heavy (non-hydrogen) atoms. The van der Waals surface area contributed by atoms with Crippen molar-refractivity contribution in [2.75, 3.05) is 0 Å². The summed E-state index contributed by atoms with van der Waals surface area (Å²) in [5.74, 6) is -9.52. The summed E-state index contributed by atoms with van der Waals surface area (Å²) < 4.78 is 94.2. The molecule has 1 unspecified atom stereocenters. The molecule has 0 aliphatic carbocycles. The zero-order chi connectivity index (χ0) is 24.0. The van der Waals surface area contributed by atoms with E-state index >= 15 is 0 Å². The van der Waals surface area contributed by atoms with E-state index in [1.54, 1.807) is 0 Å². The van der Waals surface area contributed by atoms with Crippen LogP contribution in [-0.2, 0) is 11.0 Å². The van der Waals surface area contributed by atoms with Crippen molar-refractivity contribution in [3.63, 3.8) is 0 Å². The van der Waals surface area contributed by atoms with Gasteiger partial charge in [0, 0.05) is 11.6 Å². The number of halogens is 7. The highest BCUT2D eigenvalue weighted by atomic mass is 32.1. The Hall–Kier alpha value is -3.22. The molecule has 2 aromatic carbocycles. The van der Waals surface area contributed by atoms with E-state index in [2.05, 4.69) is 4.99 Å². The molecule has 170 valence electrons. The number of nitrogens with zero attached hydrogens (tertiary/aromatic N) is 2. The lowest BCUT2D eigenvalue weighted by atomic mass is 10.1. The third-order valence-electron chi connectivity index (χ3n) is 4.46. The number of benzene rings is 2. The third-order valence-corrected chi connectivity index (χ3v) is 5.52. The molecule has 13 heteroatoms. The number of hydrogen-bond donors (Lipinski definition) is 1. The molecule has 0 saturated heterocycles. The number of rotatable bonds is 4. The quantitative estimate of drug-likeness (QED) is 0.420. The van der Waals surface area contributed by atoms with Crippen LogP contribution in [-0.4, -0.2) is 21.6 Å². The highest BCUT2D eigenvalue weighted by molar-refractivity contribution is 7.16. The molecule has 1 N–H and O–H groups in total. The molecule has 3 rings (SSSR count). The first-order valence-corrected chi connectivity index (χ1v) is 9.55. The molecular formula is C19H11F7N2O3S. The molecule has 0 radical (unpaired) electrons. The van der Waals surface area contributed by atoms with E-state index < -0.39 is 73.5 Å². The number of carboxylic acids is 1. The molecule has 0 saturated carbocycles. The predicted octanol–water partition coefficient (Wildman–Crippen LogP) is 5.05. The first-order valence-electron chi connectivity index (χ1n) is 8.74. The van der Waals surface area contributed by atoms with Crippen molar-refractivity contribution in [1.29, 1.82) is 0 Å². The fourth-order valence-electron chi connectivity index (χ4n) is 2.96. The standard InChI is InChI=1S/C19H11F7N2O3S/c1-2-11(17(30)31)28-12-6-10(21)13(22)14(23)15(12)32-18(28)27-16(29)7-3-4-9(20)8(5-7)19(24,25)26/h3-6,11H,2H2,1H3,(H,30,31)/b27-18-. The van der Waals surface area contributed by atoms with E-state index in [4.69, 9.17) is 0 Å². The molecular weight excluding hydrogens is 469 g/mol.